The SMILES string of the molecule is C=Cc1nc(C2C3CC4CC(C3)CC2C4)c(N)s1. The lowest BCUT2D eigenvalue weighted by molar-refractivity contribution is -0.00374. The molecular weight excluding hydrogens is 240 g/mol. The quantitative estimate of drug-likeness (QED) is 0.875. The molecule has 2 nitrogen and oxygen atoms in total. The zero-order chi connectivity index (χ0) is 12.3. The van der Waals surface area contributed by atoms with Gasteiger partial charge in [-0.1, -0.05) is 17.9 Å². The maximum atomic E-state index is 6.21. The molecule has 0 aliphatic heterocycles. The molecule has 0 amide bonds. The van der Waals surface area contributed by atoms with Crippen molar-refractivity contribution in [3.63, 3.8) is 0 Å². The average molecular weight is 260 g/mol. The summed E-state index contributed by atoms with van der Waals surface area (Å²) in [6.07, 6.45) is 9.05. The van der Waals surface area contributed by atoms with Crippen molar-refractivity contribution in [1.82, 2.24) is 4.98 Å². The van der Waals surface area contributed by atoms with Crippen LogP contribution in [0.5, 0.6) is 0 Å². The summed E-state index contributed by atoms with van der Waals surface area (Å²) in [6, 6.07) is 0. The molecule has 4 aliphatic rings. The van der Waals surface area contributed by atoms with E-state index in [2.05, 4.69) is 6.58 Å². The lowest BCUT2D eigenvalue weighted by Crippen LogP contribution is -2.44. The molecule has 0 spiro atoms. The molecule has 0 unspecified atom stereocenters. The molecule has 4 bridgehead atoms. The summed E-state index contributed by atoms with van der Waals surface area (Å²) in [5.41, 5.74) is 7.42. The summed E-state index contributed by atoms with van der Waals surface area (Å²) in [5.74, 6) is 4.42. The minimum Gasteiger partial charge on any atom is -0.389 e. The van der Waals surface area contributed by atoms with E-state index < -0.39 is 0 Å². The van der Waals surface area contributed by atoms with Gasteiger partial charge in [0.15, 0.2) is 0 Å². The Balaban J connectivity index is 1.71. The van der Waals surface area contributed by atoms with Crippen LogP contribution < -0.4 is 5.73 Å². The van der Waals surface area contributed by atoms with Gasteiger partial charge in [0.1, 0.15) is 10.0 Å². The summed E-state index contributed by atoms with van der Waals surface area (Å²) in [7, 11) is 0. The van der Waals surface area contributed by atoms with Crippen LogP contribution in [0.25, 0.3) is 6.08 Å². The van der Waals surface area contributed by atoms with Crippen LogP contribution in [0.3, 0.4) is 0 Å². The van der Waals surface area contributed by atoms with E-state index in [1.165, 1.54) is 37.8 Å². The zero-order valence-electron chi connectivity index (χ0n) is 10.6. The number of anilines is 1. The van der Waals surface area contributed by atoms with Crippen LogP contribution in [0.15, 0.2) is 6.58 Å². The molecule has 4 fully saturated rings. The van der Waals surface area contributed by atoms with Gasteiger partial charge in [-0.15, -0.1) is 0 Å². The standard InChI is InChI=1S/C15H20N2S/c1-2-12-17-14(15(16)18-12)13-10-4-8-3-9(6-10)7-11(13)5-8/h2,8-11,13H,1,3-7,16H2. The maximum Gasteiger partial charge on any atom is 0.117 e. The van der Waals surface area contributed by atoms with Gasteiger partial charge < -0.3 is 5.73 Å². The third kappa shape index (κ3) is 1.49. The van der Waals surface area contributed by atoms with Gasteiger partial charge in [0, 0.05) is 5.92 Å². The number of rotatable bonds is 2. The van der Waals surface area contributed by atoms with Gasteiger partial charge in [0.25, 0.3) is 0 Å². The molecule has 0 radical (unpaired) electrons. The Bertz CT molecular complexity index is 463. The average Bonchev–Trinajstić information content (AvgIpc) is 2.69. The predicted molar refractivity (Wildman–Crippen MR) is 76.4 cm³/mol. The van der Waals surface area contributed by atoms with Gasteiger partial charge in [0.2, 0.25) is 0 Å². The molecule has 3 heteroatoms. The van der Waals surface area contributed by atoms with Crippen LogP contribution in [-0.4, -0.2) is 4.98 Å². The molecule has 5 rings (SSSR count). The van der Waals surface area contributed by atoms with Crippen molar-refractivity contribution >= 4 is 22.4 Å². The Morgan fingerprint density at radius 2 is 1.72 bits per heavy atom. The van der Waals surface area contributed by atoms with Gasteiger partial charge >= 0.3 is 0 Å². The van der Waals surface area contributed by atoms with Crippen LogP contribution in [0.1, 0.15) is 48.7 Å². The van der Waals surface area contributed by atoms with Crippen LogP contribution >= 0.6 is 11.3 Å². The Hall–Kier alpha value is -0.830. The van der Waals surface area contributed by atoms with Crippen molar-refractivity contribution in [2.75, 3.05) is 5.73 Å². The van der Waals surface area contributed by atoms with Gasteiger partial charge in [-0.25, -0.2) is 4.98 Å². The Labute approximate surface area is 112 Å². The van der Waals surface area contributed by atoms with E-state index in [1.807, 2.05) is 6.08 Å². The highest BCUT2D eigenvalue weighted by molar-refractivity contribution is 7.16. The smallest absolute Gasteiger partial charge is 0.117 e. The second kappa shape index (κ2) is 3.83. The molecule has 0 aromatic carbocycles. The molecule has 0 atom stereocenters. The number of nitrogens with zero attached hydrogens (tertiary/aromatic N) is 1. The zero-order valence-corrected chi connectivity index (χ0v) is 11.5. The molecule has 18 heavy (non-hydrogen) atoms. The molecule has 1 heterocycles. The number of thiazole rings is 1. The summed E-state index contributed by atoms with van der Waals surface area (Å²) in [4.78, 5) is 4.75. The molecule has 96 valence electrons. The third-order valence-electron chi connectivity index (χ3n) is 5.41. The van der Waals surface area contributed by atoms with Crippen LogP contribution in [0.2, 0.25) is 0 Å². The molecule has 4 saturated carbocycles. The first-order valence-corrected chi connectivity index (χ1v) is 7.95. The summed E-state index contributed by atoms with van der Waals surface area (Å²) in [6.45, 7) is 3.81. The van der Waals surface area contributed by atoms with Crippen LogP contribution in [0, 0.1) is 23.7 Å². The topological polar surface area (TPSA) is 38.9 Å². The van der Waals surface area contributed by atoms with E-state index >= 15 is 0 Å². The van der Waals surface area contributed by atoms with Crippen molar-refractivity contribution in [3.05, 3.63) is 17.3 Å². The first-order chi connectivity index (χ1) is 8.74. The van der Waals surface area contributed by atoms with E-state index in [9.17, 15) is 0 Å². The molecular formula is C15H20N2S. The van der Waals surface area contributed by atoms with Crippen LogP contribution in [-0.2, 0) is 0 Å². The molecule has 1 aromatic rings. The highest BCUT2D eigenvalue weighted by Gasteiger charge is 2.49. The second-order valence-corrected chi connectivity index (χ2v) is 7.52. The molecule has 1 aromatic heterocycles. The normalized spacial score (nSPS) is 41.2. The first kappa shape index (κ1) is 11.0. The van der Waals surface area contributed by atoms with E-state index in [0.717, 1.165) is 33.7 Å². The fourth-order valence-corrected chi connectivity index (χ4v) is 5.80. The van der Waals surface area contributed by atoms with Gasteiger partial charge in [-0.05, 0) is 61.9 Å². The van der Waals surface area contributed by atoms with E-state index in [4.69, 9.17) is 10.7 Å². The van der Waals surface area contributed by atoms with Crippen molar-refractivity contribution in [1.29, 1.82) is 0 Å². The monoisotopic (exact) mass is 260 g/mol. The lowest BCUT2D eigenvalue weighted by atomic mass is 9.51. The van der Waals surface area contributed by atoms with E-state index in [-0.39, 0.29) is 0 Å². The minimum atomic E-state index is 0.655. The van der Waals surface area contributed by atoms with Gasteiger partial charge in [0.05, 0.1) is 5.69 Å². The van der Waals surface area contributed by atoms with Crippen molar-refractivity contribution in [3.8, 4) is 0 Å². The third-order valence-corrected chi connectivity index (χ3v) is 6.31. The number of nitrogen functional groups attached to an aromatic ring is 1. The Morgan fingerprint density at radius 1 is 1.11 bits per heavy atom. The van der Waals surface area contributed by atoms with Crippen molar-refractivity contribution < 1.29 is 0 Å². The highest BCUT2D eigenvalue weighted by atomic mass is 32.1. The predicted octanol–water partition coefficient (Wildman–Crippen LogP) is 3.91. The maximum absolute atomic E-state index is 6.21. The summed E-state index contributed by atoms with van der Waals surface area (Å²) in [5, 5.41) is 1.94. The lowest BCUT2D eigenvalue weighted by Gasteiger charge is -2.54. The first-order valence-electron chi connectivity index (χ1n) is 7.13. The number of nitrogens with two attached hydrogens (primary N) is 1. The fourth-order valence-electron chi connectivity index (χ4n) is 5.06. The van der Waals surface area contributed by atoms with E-state index in [0.29, 0.717) is 5.92 Å². The molecule has 0 saturated heterocycles. The Morgan fingerprint density at radius 3 is 2.22 bits per heavy atom. The molecule has 4 aliphatic carbocycles. The van der Waals surface area contributed by atoms with Crippen LogP contribution in [0.4, 0.5) is 5.00 Å². The Kier molecular flexibility index (Phi) is 2.35. The summed E-state index contributed by atoms with van der Waals surface area (Å²) < 4.78 is 0. The number of hydrogen-bond donors (Lipinski definition) is 1. The summed E-state index contributed by atoms with van der Waals surface area (Å²) >= 11 is 1.61. The van der Waals surface area contributed by atoms with Crippen molar-refractivity contribution in [2.24, 2.45) is 23.7 Å². The number of hydrogen-bond acceptors (Lipinski definition) is 3. The van der Waals surface area contributed by atoms with Crippen molar-refractivity contribution in [2.45, 2.75) is 38.0 Å². The second-order valence-electron chi connectivity index (χ2n) is 6.46. The largest absolute Gasteiger partial charge is 0.389 e. The highest BCUT2D eigenvalue weighted by Crippen LogP contribution is 2.60. The fraction of sp³-hybridized carbons (Fsp3) is 0.667. The van der Waals surface area contributed by atoms with Gasteiger partial charge in [-0.3, -0.25) is 0 Å². The molecule has 2 N–H and O–H groups in total. The van der Waals surface area contributed by atoms with Gasteiger partial charge in [-0.2, -0.15) is 0 Å². The van der Waals surface area contributed by atoms with E-state index in [1.54, 1.807) is 11.3 Å². The number of aromatic nitrogens is 1. The minimum absolute atomic E-state index is 0.655.